The van der Waals surface area contributed by atoms with E-state index in [1.54, 1.807) is 31.2 Å². The fourth-order valence-electron chi connectivity index (χ4n) is 2.61. The van der Waals surface area contributed by atoms with E-state index in [0.717, 1.165) is 8.78 Å². The predicted molar refractivity (Wildman–Crippen MR) is 102 cm³/mol. The van der Waals surface area contributed by atoms with E-state index in [1.807, 2.05) is 0 Å². The lowest BCUT2D eigenvalue weighted by Gasteiger charge is -2.16. The Morgan fingerprint density at radius 3 is 2.35 bits per heavy atom. The number of hydrogen-bond donors (Lipinski definition) is 1. The van der Waals surface area contributed by atoms with Crippen LogP contribution >= 0.6 is 15.9 Å². The zero-order valence-corrected chi connectivity index (χ0v) is 16.8. The summed E-state index contributed by atoms with van der Waals surface area (Å²) in [7, 11) is -7.57. The van der Waals surface area contributed by atoms with Gasteiger partial charge < -0.3 is 0 Å². The van der Waals surface area contributed by atoms with E-state index in [2.05, 4.69) is 20.7 Å². The predicted octanol–water partition coefficient (Wildman–Crippen LogP) is 2.56. The summed E-state index contributed by atoms with van der Waals surface area (Å²) in [5.74, 6) is -1.40. The second-order valence-electron chi connectivity index (χ2n) is 5.89. The molecule has 2 aromatic carbocycles. The molecule has 0 radical (unpaired) electrons. The Labute approximate surface area is 160 Å². The first-order chi connectivity index (χ1) is 12.1. The van der Waals surface area contributed by atoms with Crippen LogP contribution in [0.4, 0.5) is 11.4 Å². The molecule has 2 aromatic rings. The van der Waals surface area contributed by atoms with Crippen LogP contribution in [0.15, 0.2) is 57.9 Å². The van der Waals surface area contributed by atoms with Crippen LogP contribution in [0.2, 0.25) is 0 Å². The zero-order valence-electron chi connectivity index (χ0n) is 13.6. The number of hydrogen-bond acceptors (Lipinski definition) is 5. The molecule has 1 saturated heterocycles. The van der Waals surface area contributed by atoms with Crippen molar-refractivity contribution in [2.24, 2.45) is 5.92 Å². The number of anilines is 2. The fourth-order valence-corrected chi connectivity index (χ4v) is 5.88. The van der Waals surface area contributed by atoms with Gasteiger partial charge in [-0.1, -0.05) is 28.9 Å². The van der Waals surface area contributed by atoms with Crippen molar-refractivity contribution < 1.29 is 21.6 Å². The summed E-state index contributed by atoms with van der Waals surface area (Å²) in [4.78, 5) is 12.0. The lowest BCUT2D eigenvalue weighted by Crippen LogP contribution is -2.30. The Balaban J connectivity index is 1.89. The van der Waals surface area contributed by atoms with Crippen LogP contribution in [-0.2, 0) is 24.8 Å². The standard InChI is InChI=1S/C16H15BrN2O5S2/c1-11-10-25(21,22)19(16(11)20)14-5-7-15(8-6-14)26(23,24)18-13-4-2-3-12(17)9-13/h2-9,11,18H,10H2,1H3. The van der Waals surface area contributed by atoms with Gasteiger partial charge in [0.15, 0.2) is 0 Å². The summed E-state index contributed by atoms with van der Waals surface area (Å²) in [6.07, 6.45) is 0. The van der Waals surface area contributed by atoms with Crippen molar-refractivity contribution in [1.82, 2.24) is 0 Å². The van der Waals surface area contributed by atoms with Gasteiger partial charge in [0.2, 0.25) is 15.9 Å². The van der Waals surface area contributed by atoms with Gasteiger partial charge in [0.05, 0.1) is 22.3 Å². The molecule has 3 rings (SSSR count). The van der Waals surface area contributed by atoms with Gasteiger partial charge in [0, 0.05) is 10.2 Å². The molecule has 1 heterocycles. The number of sulfonamides is 2. The number of carbonyl (C=O) groups excluding carboxylic acids is 1. The highest BCUT2D eigenvalue weighted by molar-refractivity contribution is 9.10. The van der Waals surface area contributed by atoms with Crippen molar-refractivity contribution in [3.05, 3.63) is 53.0 Å². The molecule has 1 N–H and O–H groups in total. The third kappa shape index (κ3) is 3.62. The minimum absolute atomic E-state index is 0.0432. The van der Waals surface area contributed by atoms with Crippen LogP contribution < -0.4 is 9.03 Å². The first-order valence-electron chi connectivity index (χ1n) is 7.55. The van der Waals surface area contributed by atoms with Gasteiger partial charge in [0.1, 0.15) is 0 Å². The fraction of sp³-hybridized carbons (Fsp3) is 0.188. The molecule has 1 fully saturated rings. The Morgan fingerprint density at radius 2 is 1.81 bits per heavy atom. The average Bonchev–Trinajstić information content (AvgIpc) is 2.74. The van der Waals surface area contributed by atoms with Crippen LogP contribution in [0.25, 0.3) is 0 Å². The number of rotatable bonds is 4. The number of nitrogens with zero attached hydrogens (tertiary/aromatic N) is 1. The molecule has 0 bridgehead atoms. The third-order valence-corrected chi connectivity index (χ3v) is 7.58. The van der Waals surface area contributed by atoms with Gasteiger partial charge in [-0.05, 0) is 42.5 Å². The highest BCUT2D eigenvalue weighted by Crippen LogP contribution is 2.29. The normalized spacial score (nSPS) is 19.5. The Morgan fingerprint density at radius 1 is 1.15 bits per heavy atom. The van der Waals surface area contributed by atoms with Crippen LogP contribution in [0.1, 0.15) is 6.92 Å². The van der Waals surface area contributed by atoms with E-state index in [9.17, 15) is 21.6 Å². The maximum atomic E-state index is 12.5. The van der Waals surface area contributed by atoms with Crippen LogP contribution in [0.5, 0.6) is 0 Å². The molecule has 1 aliphatic heterocycles. The van der Waals surface area contributed by atoms with Gasteiger partial charge in [-0.25, -0.2) is 21.1 Å². The molecule has 1 atom stereocenters. The molecule has 1 aliphatic rings. The monoisotopic (exact) mass is 458 g/mol. The molecule has 0 spiro atoms. The number of benzene rings is 2. The van der Waals surface area contributed by atoms with Gasteiger partial charge in [-0.2, -0.15) is 0 Å². The molecule has 0 aromatic heterocycles. The second kappa shape index (κ2) is 6.67. The Kier molecular flexibility index (Phi) is 4.84. The zero-order chi connectivity index (χ0) is 19.1. The molecule has 7 nitrogen and oxygen atoms in total. The van der Waals surface area contributed by atoms with Crippen LogP contribution in [-0.4, -0.2) is 28.5 Å². The summed E-state index contributed by atoms with van der Waals surface area (Å²) in [6, 6.07) is 11.8. The van der Waals surface area contributed by atoms with Crippen molar-refractivity contribution in [2.45, 2.75) is 11.8 Å². The molecule has 10 heteroatoms. The molecular weight excluding hydrogens is 444 g/mol. The van der Waals surface area contributed by atoms with E-state index in [4.69, 9.17) is 0 Å². The molecule has 138 valence electrons. The average molecular weight is 459 g/mol. The smallest absolute Gasteiger partial charge is 0.261 e. The lowest BCUT2D eigenvalue weighted by atomic mass is 10.2. The summed E-state index contributed by atoms with van der Waals surface area (Å²) in [5.41, 5.74) is 0.510. The number of nitrogens with one attached hydrogen (secondary N) is 1. The number of amides is 1. The summed E-state index contributed by atoms with van der Waals surface area (Å²) in [5, 5.41) is 0. The second-order valence-corrected chi connectivity index (χ2v) is 10.4. The van der Waals surface area contributed by atoms with Crippen molar-refractivity contribution in [2.75, 3.05) is 14.8 Å². The number of carbonyl (C=O) groups is 1. The minimum atomic E-state index is -3.85. The van der Waals surface area contributed by atoms with Crippen molar-refractivity contribution >= 4 is 53.3 Å². The van der Waals surface area contributed by atoms with Gasteiger partial charge in [-0.15, -0.1) is 0 Å². The van der Waals surface area contributed by atoms with Crippen molar-refractivity contribution in [1.29, 1.82) is 0 Å². The van der Waals surface area contributed by atoms with Crippen LogP contribution in [0.3, 0.4) is 0 Å². The van der Waals surface area contributed by atoms with Gasteiger partial charge in [0.25, 0.3) is 10.0 Å². The maximum absolute atomic E-state index is 12.5. The Bertz CT molecular complexity index is 1070. The van der Waals surface area contributed by atoms with Crippen LogP contribution in [0, 0.1) is 5.92 Å². The SMILES string of the molecule is CC1CS(=O)(=O)N(c2ccc(S(=O)(=O)Nc3cccc(Br)c3)cc2)C1=O. The third-order valence-electron chi connectivity index (χ3n) is 3.82. The van der Waals surface area contributed by atoms with E-state index in [1.165, 1.54) is 24.3 Å². The molecular formula is C16H15BrN2O5S2. The van der Waals surface area contributed by atoms with E-state index < -0.39 is 31.9 Å². The summed E-state index contributed by atoms with van der Waals surface area (Å²) in [6.45, 7) is 1.54. The van der Waals surface area contributed by atoms with E-state index in [-0.39, 0.29) is 16.3 Å². The molecule has 1 unspecified atom stereocenters. The highest BCUT2D eigenvalue weighted by Gasteiger charge is 2.41. The minimum Gasteiger partial charge on any atom is -0.280 e. The van der Waals surface area contributed by atoms with Gasteiger partial charge >= 0.3 is 0 Å². The first kappa shape index (κ1) is 18.9. The summed E-state index contributed by atoms with van der Waals surface area (Å²) < 4.78 is 53.0. The summed E-state index contributed by atoms with van der Waals surface area (Å²) >= 11 is 3.27. The van der Waals surface area contributed by atoms with Crippen molar-refractivity contribution in [3.63, 3.8) is 0 Å². The van der Waals surface area contributed by atoms with Crippen molar-refractivity contribution in [3.8, 4) is 0 Å². The molecule has 1 amide bonds. The topological polar surface area (TPSA) is 101 Å². The maximum Gasteiger partial charge on any atom is 0.261 e. The Hall–Kier alpha value is -1.91. The van der Waals surface area contributed by atoms with E-state index in [0.29, 0.717) is 5.69 Å². The molecule has 0 aliphatic carbocycles. The van der Waals surface area contributed by atoms with E-state index >= 15 is 0 Å². The first-order valence-corrected chi connectivity index (χ1v) is 11.4. The number of halogens is 1. The quantitative estimate of drug-likeness (QED) is 0.758. The van der Waals surface area contributed by atoms with Gasteiger partial charge in [-0.3, -0.25) is 9.52 Å². The largest absolute Gasteiger partial charge is 0.280 e. The highest BCUT2D eigenvalue weighted by atomic mass is 79.9. The lowest BCUT2D eigenvalue weighted by molar-refractivity contribution is -0.119. The molecule has 26 heavy (non-hydrogen) atoms. The molecule has 0 saturated carbocycles.